The summed E-state index contributed by atoms with van der Waals surface area (Å²) in [4.78, 5) is 25.7. The van der Waals surface area contributed by atoms with Crippen LogP contribution < -0.4 is 20.1 Å². The van der Waals surface area contributed by atoms with Crippen molar-refractivity contribution in [2.45, 2.75) is 53.6 Å². The zero-order valence-electron chi connectivity index (χ0n) is 19.3. The lowest BCUT2D eigenvalue weighted by Crippen LogP contribution is -2.50. The summed E-state index contributed by atoms with van der Waals surface area (Å²) in [6, 6.07) is 12.0. The zero-order valence-corrected chi connectivity index (χ0v) is 19.3. The molecule has 6 heteroatoms. The summed E-state index contributed by atoms with van der Waals surface area (Å²) in [6.45, 7) is 12.6. The highest BCUT2D eigenvalue weighted by atomic mass is 16.5. The van der Waals surface area contributed by atoms with E-state index in [1.54, 1.807) is 6.07 Å². The van der Waals surface area contributed by atoms with Crippen LogP contribution in [0.3, 0.4) is 0 Å². The molecule has 0 radical (unpaired) electrons. The highest BCUT2D eigenvalue weighted by Crippen LogP contribution is 2.30. The second kappa shape index (κ2) is 11.4. The van der Waals surface area contributed by atoms with Crippen molar-refractivity contribution in [3.63, 3.8) is 0 Å². The van der Waals surface area contributed by atoms with E-state index in [4.69, 9.17) is 9.47 Å². The molecule has 0 saturated heterocycles. The fraction of sp³-hybridized carbons (Fsp3) is 0.440. The van der Waals surface area contributed by atoms with Crippen LogP contribution in [-0.2, 0) is 4.79 Å². The minimum Gasteiger partial charge on any atom is -0.490 e. The maximum Gasteiger partial charge on any atom is 0.251 e. The number of ether oxygens (including phenoxy) is 2. The van der Waals surface area contributed by atoms with Crippen molar-refractivity contribution in [2.24, 2.45) is 5.92 Å². The van der Waals surface area contributed by atoms with Crippen LogP contribution in [0.5, 0.6) is 11.5 Å². The molecule has 2 rings (SSSR count). The van der Waals surface area contributed by atoms with Gasteiger partial charge in [-0.15, -0.1) is 0 Å². The molecule has 0 fully saturated rings. The molecule has 0 aliphatic heterocycles. The van der Waals surface area contributed by atoms with Crippen molar-refractivity contribution in [3.8, 4) is 11.5 Å². The van der Waals surface area contributed by atoms with Crippen LogP contribution in [0, 0.1) is 12.8 Å². The predicted octanol–water partition coefficient (Wildman–Crippen LogP) is 4.42. The lowest BCUT2D eigenvalue weighted by atomic mass is 10.0. The molecule has 0 bridgehead atoms. The maximum absolute atomic E-state index is 13.0. The maximum atomic E-state index is 13.0. The normalized spacial score (nSPS) is 12.7. The highest BCUT2D eigenvalue weighted by molar-refractivity contribution is 5.97. The van der Waals surface area contributed by atoms with Gasteiger partial charge >= 0.3 is 0 Å². The Morgan fingerprint density at radius 3 is 2.19 bits per heavy atom. The Labute approximate surface area is 185 Å². The first kappa shape index (κ1) is 24.3. The monoisotopic (exact) mass is 426 g/mol. The van der Waals surface area contributed by atoms with Gasteiger partial charge in [-0.25, -0.2) is 0 Å². The minimum atomic E-state index is -0.649. The Hall–Kier alpha value is -3.02. The number of aryl methyl sites for hydroxylation is 1. The minimum absolute atomic E-state index is 0.0692. The van der Waals surface area contributed by atoms with Gasteiger partial charge < -0.3 is 20.1 Å². The summed E-state index contributed by atoms with van der Waals surface area (Å²) in [6.07, 6.45) is 0. The van der Waals surface area contributed by atoms with E-state index in [-0.39, 0.29) is 23.8 Å². The summed E-state index contributed by atoms with van der Waals surface area (Å²) in [5.74, 6) is 0.772. The van der Waals surface area contributed by atoms with Crippen LogP contribution in [0.25, 0.3) is 0 Å². The Kier molecular flexibility index (Phi) is 8.91. The predicted molar refractivity (Wildman–Crippen MR) is 123 cm³/mol. The smallest absolute Gasteiger partial charge is 0.251 e. The Morgan fingerprint density at radius 2 is 1.58 bits per heavy atom. The summed E-state index contributed by atoms with van der Waals surface area (Å²) >= 11 is 0. The average Bonchev–Trinajstić information content (AvgIpc) is 2.73. The van der Waals surface area contributed by atoms with Gasteiger partial charge in [0.25, 0.3) is 5.91 Å². The molecular formula is C25H34N2O4. The van der Waals surface area contributed by atoms with E-state index in [1.165, 1.54) is 0 Å². The van der Waals surface area contributed by atoms with E-state index < -0.39 is 6.04 Å². The van der Waals surface area contributed by atoms with Crippen LogP contribution in [0.2, 0.25) is 0 Å². The lowest BCUT2D eigenvalue weighted by Gasteiger charge is -2.24. The molecule has 2 N–H and O–H groups in total. The summed E-state index contributed by atoms with van der Waals surface area (Å²) < 4.78 is 11.3. The standard InChI is InChI=1S/C25H34N2O4/c1-7-30-21-13-12-19(15-22(21)31-8-2)18(6)26-25(29)23(16(3)4)27-24(28)20-11-9-10-17(5)14-20/h9-16,18,23H,7-8H2,1-6H3,(H,26,29)(H,27,28). The van der Waals surface area contributed by atoms with E-state index in [2.05, 4.69) is 10.6 Å². The van der Waals surface area contributed by atoms with E-state index >= 15 is 0 Å². The first-order chi connectivity index (χ1) is 14.8. The highest BCUT2D eigenvalue weighted by Gasteiger charge is 2.26. The molecule has 2 aromatic carbocycles. The van der Waals surface area contributed by atoms with Crippen molar-refractivity contribution >= 4 is 11.8 Å². The molecule has 168 valence electrons. The fourth-order valence-corrected chi connectivity index (χ4v) is 3.27. The molecule has 0 saturated carbocycles. The molecule has 2 atom stereocenters. The molecule has 0 aliphatic carbocycles. The molecule has 2 unspecified atom stereocenters. The average molecular weight is 427 g/mol. The van der Waals surface area contributed by atoms with Gasteiger partial charge in [0.15, 0.2) is 11.5 Å². The zero-order chi connectivity index (χ0) is 23.0. The fourth-order valence-electron chi connectivity index (χ4n) is 3.27. The van der Waals surface area contributed by atoms with Crippen LogP contribution in [-0.4, -0.2) is 31.1 Å². The van der Waals surface area contributed by atoms with E-state index in [0.717, 1.165) is 11.1 Å². The third kappa shape index (κ3) is 6.74. The van der Waals surface area contributed by atoms with Gasteiger partial charge in [0.2, 0.25) is 5.91 Å². The Bertz CT molecular complexity index is 895. The second-order valence-electron chi connectivity index (χ2n) is 7.87. The molecular weight excluding hydrogens is 392 g/mol. The Morgan fingerprint density at radius 1 is 0.903 bits per heavy atom. The van der Waals surface area contributed by atoms with Gasteiger partial charge in [-0.05, 0) is 63.4 Å². The summed E-state index contributed by atoms with van der Waals surface area (Å²) in [7, 11) is 0. The largest absolute Gasteiger partial charge is 0.490 e. The SMILES string of the molecule is CCOc1ccc(C(C)NC(=O)C(NC(=O)c2cccc(C)c2)C(C)C)cc1OCC. The van der Waals surface area contributed by atoms with Gasteiger partial charge in [0.05, 0.1) is 19.3 Å². The number of rotatable bonds is 10. The van der Waals surface area contributed by atoms with Crippen LogP contribution in [0.1, 0.15) is 62.1 Å². The summed E-state index contributed by atoms with van der Waals surface area (Å²) in [5, 5.41) is 5.90. The molecule has 0 aliphatic rings. The van der Waals surface area contributed by atoms with Gasteiger partial charge in [-0.2, -0.15) is 0 Å². The van der Waals surface area contributed by atoms with Crippen molar-refractivity contribution in [1.29, 1.82) is 0 Å². The van der Waals surface area contributed by atoms with Crippen LogP contribution in [0.4, 0.5) is 0 Å². The number of amides is 2. The molecule has 6 nitrogen and oxygen atoms in total. The number of hydrogen-bond acceptors (Lipinski definition) is 4. The molecule has 0 spiro atoms. The quantitative estimate of drug-likeness (QED) is 0.589. The number of benzene rings is 2. The van der Waals surface area contributed by atoms with E-state index in [1.807, 2.05) is 77.9 Å². The van der Waals surface area contributed by atoms with Crippen molar-refractivity contribution in [3.05, 3.63) is 59.2 Å². The topological polar surface area (TPSA) is 76.7 Å². The molecule has 2 amide bonds. The summed E-state index contributed by atoms with van der Waals surface area (Å²) in [5.41, 5.74) is 2.43. The number of carbonyl (C=O) groups excluding carboxylic acids is 2. The first-order valence-electron chi connectivity index (χ1n) is 10.8. The van der Waals surface area contributed by atoms with Crippen LogP contribution >= 0.6 is 0 Å². The lowest BCUT2D eigenvalue weighted by molar-refractivity contribution is -0.124. The first-order valence-corrected chi connectivity index (χ1v) is 10.8. The molecule has 2 aromatic rings. The third-order valence-corrected chi connectivity index (χ3v) is 4.94. The van der Waals surface area contributed by atoms with E-state index in [9.17, 15) is 9.59 Å². The number of hydrogen-bond donors (Lipinski definition) is 2. The number of carbonyl (C=O) groups is 2. The van der Waals surface area contributed by atoms with Crippen molar-refractivity contribution in [2.75, 3.05) is 13.2 Å². The van der Waals surface area contributed by atoms with Crippen molar-refractivity contribution in [1.82, 2.24) is 10.6 Å². The molecule has 31 heavy (non-hydrogen) atoms. The molecule has 0 aromatic heterocycles. The van der Waals surface area contributed by atoms with Gasteiger partial charge in [-0.1, -0.05) is 37.6 Å². The Balaban J connectivity index is 2.13. The van der Waals surface area contributed by atoms with Crippen molar-refractivity contribution < 1.29 is 19.1 Å². The van der Waals surface area contributed by atoms with Gasteiger partial charge in [0.1, 0.15) is 6.04 Å². The van der Waals surface area contributed by atoms with Crippen LogP contribution in [0.15, 0.2) is 42.5 Å². The van der Waals surface area contributed by atoms with Gasteiger partial charge in [0, 0.05) is 5.56 Å². The molecule has 0 heterocycles. The van der Waals surface area contributed by atoms with E-state index in [0.29, 0.717) is 30.3 Å². The number of nitrogens with one attached hydrogen (secondary N) is 2. The third-order valence-electron chi connectivity index (χ3n) is 4.94. The van der Waals surface area contributed by atoms with Gasteiger partial charge in [-0.3, -0.25) is 9.59 Å². The second-order valence-corrected chi connectivity index (χ2v) is 7.87.